The molecule has 0 unspecified atom stereocenters. The fourth-order valence-electron chi connectivity index (χ4n) is 1.76. The van der Waals surface area contributed by atoms with Crippen LogP contribution in [0.3, 0.4) is 0 Å². The predicted octanol–water partition coefficient (Wildman–Crippen LogP) is 2.42. The van der Waals surface area contributed by atoms with Gasteiger partial charge in [-0.05, 0) is 52.4 Å². The highest BCUT2D eigenvalue weighted by molar-refractivity contribution is 5.91. The van der Waals surface area contributed by atoms with Gasteiger partial charge in [-0.1, -0.05) is 18.2 Å². The van der Waals surface area contributed by atoms with Crippen molar-refractivity contribution in [2.75, 3.05) is 26.8 Å². The van der Waals surface area contributed by atoms with E-state index in [9.17, 15) is 4.79 Å². The summed E-state index contributed by atoms with van der Waals surface area (Å²) in [6.45, 7) is 7.44. The van der Waals surface area contributed by atoms with E-state index in [1.807, 2.05) is 46.0 Å². The fraction of sp³-hybridized carbons (Fsp3) is 0.562. The van der Waals surface area contributed by atoms with Gasteiger partial charge in [0.15, 0.2) is 0 Å². The third-order valence-electron chi connectivity index (χ3n) is 2.73. The molecule has 20 heavy (non-hydrogen) atoms. The van der Waals surface area contributed by atoms with E-state index in [1.54, 1.807) is 6.07 Å². The first-order chi connectivity index (χ1) is 9.44. The van der Waals surface area contributed by atoms with Crippen molar-refractivity contribution in [2.45, 2.75) is 32.8 Å². The van der Waals surface area contributed by atoms with Crippen molar-refractivity contribution in [3.05, 3.63) is 35.4 Å². The van der Waals surface area contributed by atoms with Crippen molar-refractivity contribution in [1.82, 2.24) is 5.32 Å². The van der Waals surface area contributed by atoms with Gasteiger partial charge >= 0.3 is 5.97 Å². The van der Waals surface area contributed by atoms with E-state index in [2.05, 4.69) is 5.32 Å². The van der Waals surface area contributed by atoms with E-state index in [0.29, 0.717) is 12.2 Å². The van der Waals surface area contributed by atoms with Crippen molar-refractivity contribution >= 4 is 5.97 Å². The molecule has 0 bridgehead atoms. The summed E-state index contributed by atoms with van der Waals surface area (Å²) in [4.78, 5) is 12.1. The molecule has 0 amide bonds. The van der Waals surface area contributed by atoms with Crippen LogP contribution in [-0.2, 0) is 15.9 Å². The molecule has 0 aliphatic rings. The van der Waals surface area contributed by atoms with E-state index in [-0.39, 0.29) is 18.2 Å². The van der Waals surface area contributed by atoms with Crippen LogP contribution in [-0.4, -0.2) is 38.4 Å². The largest absolute Gasteiger partial charge is 0.460 e. The summed E-state index contributed by atoms with van der Waals surface area (Å²) >= 11 is 0. The number of hydrogen-bond acceptors (Lipinski definition) is 4. The first-order valence-electron chi connectivity index (χ1n) is 6.97. The molecule has 4 heteroatoms. The molecule has 1 aromatic carbocycles. The zero-order valence-corrected chi connectivity index (χ0v) is 12.9. The third kappa shape index (κ3) is 6.17. The molecule has 0 heterocycles. The third-order valence-corrected chi connectivity index (χ3v) is 2.73. The zero-order chi connectivity index (χ0) is 15.0. The Balaban J connectivity index is 2.50. The van der Waals surface area contributed by atoms with E-state index in [0.717, 1.165) is 18.5 Å². The highest BCUT2D eigenvalue weighted by Gasteiger charge is 2.13. The molecular weight excluding hydrogens is 254 g/mol. The highest BCUT2D eigenvalue weighted by atomic mass is 16.6. The minimum absolute atomic E-state index is 0.211. The number of esters is 1. The molecule has 0 aliphatic heterocycles. The second-order valence-electron chi connectivity index (χ2n) is 5.61. The minimum Gasteiger partial charge on any atom is -0.460 e. The Kier molecular flexibility index (Phi) is 6.68. The van der Waals surface area contributed by atoms with Gasteiger partial charge in [-0.15, -0.1) is 0 Å². The van der Waals surface area contributed by atoms with Crippen LogP contribution in [0.1, 0.15) is 36.7 Å². The summed E-state index contributed by atoms with van der Waals surface area (Å²) in [7, 11) is 1.89. The lowest BCUT2D eigenvalue weighted by atomic mass is 10.0. The molecule has 0 saturated heterocycles. The van der Waals surface area contributed by atoms with Gasteiger partial charge in [0.25, 0.3) is 0 Å². The molecule has 1 rings (SSSR count). The first-order valence-corrected chi connectivity index (χ1v) is 6.97. The van der Waals surface area contributed by atoms with Crippen LogP contribution in [0.25, 0.3) is 0 Å². The Morgan fingerprint density at radius 1 is 1.20 bits per heavy atom. The number of carbonyl (C=O) groups is 1. The highest BCUT2D eigenvalue weighted by Crippen LogP contribution is 2.11. The van der Waals surface area contributed by atoms with Crippen LogP contribution in [0.4, 0.5) is 0 Å². The van der Waals surface area contributed by atoms with Gasteiger partial charge in [-0.2, -0.15) is 0 Å². The molecule has 0 aliphatic carbocycles. The van der Waals surface area contributed by atoms with Gasteiger partial charge in [0.1, 0.15) is 6.61 Å². The number of likely N-dealkylation sites (N-methyl/N-ethyl adjacent to an activating group) is 1. The van der Waals surface area contributed by atoms with Crippen LogP contribution in [0.15, 0.2) is 24.3 Å². The summed E-state index contributed by atoms with van der Waals surface area (Å²) in [5.41, 5.74) is 1.43. The van der Waals surface area contributed by atoms with Crippen molar-refractivity contribution in [1.29, 1.82) is 0 Å². The maximum absolute atomic E-state index is 12.1. The number of benzene rings is 1. The quantitative estimate of drug-likeness (QED) is 0.615. The van der Waals surface area contributed by atoms with E-state index in [4.69, 9.17) is 9.47 Å². The van der Waals surface area contributed by atoms with Gasteiger partial charge in [-0.25, -0.2) is 4.79 Å². The minimum atomic E-state index is -0.283. The Labute approximate surface area is 121 Å². The molecular formula is C16H25NO3. The molecule has 0 aromatic heterocycles. The van der Waals surface area contributed by atoms with Gasteiger partial charge in [0.05, 0.1) is 17.8 Å². The number of rotatable bonds is 7. The van der Waals surface area contributed by atoms with Gasteiger partial charge in [0, 0.05) is 0 Å². The van der Waals surface area contributed by atoms with E-state index in [1.165, 1.54) is 0 Å². The number of carbonyl (C=O) groups excluding carboxylic acids is 1. The average Bonchev–Trinajstić information content (AvgIpc) is 2.40. The van der Waals surface area contributed by atoms with Crippen LogP contribution in [0.2, 0.25) is 0 Å². The summed E-state index contributed by atoms with van der Waals surface area (Å²) in [6.07, 6.45) is 0.806. The Bertz CT molecular complexity index is 424. The summed E-state index contributed by atoms with van der Waals surface area (Å²) < 4.78 is 10.8. The summed E-state index contributed by atoms with van der Waals surface area (Å²) in [6, 6.07) is 7.55. The molecule has 0 saturated carbocycles. The lowest BCUT2D eigenvalue weighted by Gasteiger charge is -2.19. The number of nitrogens with one attached hydrogen (secondary N) is 1. The zero-order valence-electron chi connectivity index (χ0n) is 12.9. The molecule has 1 aromatic rings. The lowest BCUT2D eigenvalue weighted by molar-refractivity contribution is -0.0281. The number of ether oxygens (including phenoxy) is 2. The second kappa shape index (κ2) is 8.02. The van der Waals surface area contributed by atoms with E-state index < -0.39 is 0 Å². The summed E-state index contributed by atoms with van der Waals surface area (Å²) in [5, 5.41) is 3.08. The van der Waals surface area contributed by atoms with Crippen LogP contribution >= 0.6 is 0 Å². The van der Waals surface area contributed by atoms with Crippen LogP contribution in [0, 0.1) is 0 Å². The van der Waals surface area contributed by atoms with Crippen molar-refractivity contribution in [3.8, 4) is 0 Å². The Hall–Kier alpha value is -1.39. The maximum atomic E-state index is 12.1. The lowest BCUT2D eigenvalue weighted by Crippen LogP contribution is -2.23. The first kappa shape index (κ1) is 16.7. The van der Waals surface area contributed by atoms with Crippen molar-refractivity contribution < 1.29 is 14.3 Å². The summed E-state index contributed by atoms with van der Waals surface area (Å²) in [5.74, 6) is -0.283. The average molecular weight is 279 g/mol. The molecule has 0 spiro atoms. The number of hydrogen-bond donors (Lipinski definition) is 1. The smallest absolute Gasteiger partial charge is 0.338 e. The molecule has 4 nitrogen and oxygen atoms in total. The van der Waals surface area contributed by atoms with Crippen molar-refractivity contribution in [2.24, 2.45) is 0 Å². The standard InChI is InChI=1S/C16H25NO3/c1-16(2,3)20-12-11-19-15(18)14-8-6-5-7-13(14)9-10-17-4/h5-8,17H,9-12H2,1-4H3. The van der Waals surface area contributed by atoms with Gasteiger partial charge < -0.3 is 14.8 Å². The molecule has 1 N–H and O–H groups in total. The SMILES string of the molecule is CNCCc1ccccc1C(=O)OCCOC(C)(C)C. The monoisotopic (exact) mass is 279 g/mol. The molecule has 0 atom stereocenters. The molecule has 0 fully saturated rings. The van der Waals surface area contributed by atoms with Crippen LogP contribution < -0.4 is 5.32 Å². The Morgan fingerprint density at radius 2 is 1.90 bits per heavy atom. The second-order valence-corrected chi connectivity index (χ2v) is 5.61. The topological polar surface area (TPSA) is 47.6 Å². The maximum Gasteiger partial charge on any atom is 0.338 e. The Morgan fingerprint density at radius 3 is 2.55 bits per heavy atom. The van der Waals surface area contributed by atoms with Gasteiger partial charge in [0.2, 0.25) is 0 Å². The van der Waals surface area contributed by atoms with Crippen molar-refractivity contribution in [3.63, 3.8) is 0 Å². The van der Waals surface area contributed by atoms with Crippen LogP contribution in [0.5, 0.6) is 0 Å². The van der Waals surface area contributed by atoms with E-state index >= 15 is 0 Å². The normalized spacial score (nSPS) is 11.4. The fourth-order valence-corrected chi connectivity index (χ4v) is 1.76. The molecule has 112 valence electrons. The predicted molar refractivity (Wildman–Crippen MR) is 80.1 cm³/mol. The molecule has 0 radical (unpaired) electrons. The van der Waals surface area contributed by atoms with Gasteiger partial charge in [-0.3, -0.25) is 0 Å².